The molecule has 4 rings (SSSR count). The van der Waals surface area contributed by atoms with E-state index in [1.54, 1.807) is 10.7 Å². The molecule has 2 heterocycles. The Labute approximate surface area is 165 Å². The fourth-order valence-electron chi connectivity index (χ4n) is 3.21. The quantitative estimate of drug-likeness (QED) is 0.683. The number of aromatic nitrogens is 4. The number of tetrazole rings is 1. The average molecular weight is 394 g/mol. The van der Waals surface area contributed by atoms with E-state index in [9.17, 15) is 9.59 Å². The minimum Gasteiger partial charge on any atom is -0.323 e. The Balaban J connectivity index is 1.55. The molecule has 0 unspecified atom stereocenters. The van der Waals surface area contributed by atoms with E-state index in [0.717, 1.165) is 16.8 Å². The Kier molecular flexibility index (Phi) is 4.82. The number of aryl methyl sites for hydroxylation is 2. The third kappa shape index (κ3) is 3.36. The average Bonchev–Trinajstić information content (AvgIpc) is 3.13. The van der Waals surface area contributed by atoms with Gasteiger partial charge in [0.05, 0.1) is 22.8 Å². The molecule has 0 aliphatic carbocycles. The lowest BCUT2D eigenvalue weighted by Crippen LogP contribution is -2.43. The summed E-state index contributed by atoms with van der Waals surface area (Å²) in [6.45, 7) is 3.98. The number of nitrogens with zero attached hydrogens (tertiary/aromatic N) is 5. The van der Waals surface area contributed by atoms with E-state index < -0.39 is 0 Å². The molecule has 1 aromatic heterocycles. The van der Waals surface area contributed by atoms with Crippen LogP contribution in [0, 0.1) is 13.8 Å². The van der Waals surface area contributed by atoms with E-state index in [2.05, 4.69) is 20.8 Å². The molecule has 28 heavy (non-hydrogen) atoms. The van der Waals surface area contributed by atoms with Crippen molar-refractivity contribution in [2.75, 3.05) is 22.5 Å². The number of amides is 2. The van der Waals surface area contributed by atoms with Crippen LogP contribution in [0.5, 0.6) is 0 Å². The summed E-state index contributed by atoms with van der Waals surface area (Å²) in [6, 6.07) is 13.2. The summed E-state index contributed by atoms with van der Waals surface area (Å²) in [4.78, 5) is 26.3. The van der Waals surface area contributed by atoms with Crippen molar-refractivity contribution in [3.8, 4) is 5.69 Å². The molecule has 142 valence electrons. The number of benzene rings is 2. The van der Waals surface area contributed by atoms with Crippen molar-refractivity contribution in [1.82, 2.24) is 20.2 Å². The van der Waals surface area contributed by atoms with E-state index in [4.69, 9.17) is 0 Å². The molecule has 8 nitrogen and oxygen atoms in total. The van der Waals surface area contributed by atoms with E-state index in [1.807, 2.05) is 50.2 Å². The van der Waals surface area contributed by atoms with Crippen LogP contribution in [-0.2, 0) is 9.59 Å². The molecule has 0 radical (unpaired) electrons. The van der Waals surface area contributed by atoms with Crippen LogP contribution < -0.4 is 10.2 Å². The standard InChI is InChI=1S/C19H18N6O2S/c1-12-6-5-7-13(2)18(12)25-19(21-22-23-25)28-11-17(27)24-10-16(26)20-14-8-3-4-9-15(14)24/h3-9H,10-11H2,1-2H3,(H,20,26). The van der Waals surface area contributed by atoms with E-state index >= 15 is 0 Å². The molecule has 0 atom stereocenters. The number of thioether (sulfide) groups is 1. The fraction of sp³-hybridized carbons (Fsp3) is 0.211. The Morgan fingerprint density at radius 3 is 2.68 bits per heavy atom. The largest absolute Gasteiger partial charge is 0.323 e. The number of carbonyl (C=O) groups is 2. The molecule has 0 saturated heterocycles. The van der Waals surface area contributed by atoms with Gasteiger partial charge in [-0.2, -0.15) is 4.68 Å². The van der Waals surface area contributed by atoms with Crippen LogP contribution in [0.4, 0.5) is 11.4 Å². The number of fused-ring (bicyclic) bond motifs is 1. The molecule has 1 N–H and O–H groups in total. The van der Waals surface area contributed by atoms with Crippen molar-refractivity contribution in [3.05, 3.63) is 53.6 Å². The smallest absolute Gasteiger partial charge is 0.244 e. The van der Waals surface area contributed by atoms with Gasteiger partial charge in [-0.3, -0.25) is 9.59 Å². The second-order valence-corrected chi connectivity index (χ2v) is 7.39. The minimum absolute atomic E-state index is 0.00174. The van der Waals surface area contributed by atoms with Gasteiger partial charge in [-0.15, -0.1) is 5.10 Å². The van der Waals surface area contributed by atoms with Gasteiger partial charge < -0.3 is 10.2 Å². The molecule has 0 fully saturated rings. The van der Waals surface area contributed by atoms with Crippen molar-refractivity contribution >= 4 is 35.0 Å². The predicted molar refractivity (Wildman–Crippen MR) is 107 cm³/mol. The third-order valence-corrected chi connectivity index (χ3v) is 5.39. The van der Waals surface area contributed by atoms with Gasteiger partial charge in [0.1, 0.15) is 6.54 Å². The summed E-state index contributed by atoms with van der Waals surface area (Å²) in [5.74, 6) is -0.270. The molecule has 0 spiro atoms. The van der Waals surface area contributed by atoms with Crippen molar-refractivity contribution in [2.45, 2.75) is 19.0 Å². The molecule has 3 aromatic rings. The summed E-state index contributed by atoms with van der Waals surface area (Å²) < 4.78 is 1.65. The zero-order valence-corrected chi connectivity index (χ0v) is 16.2. The van der Waals surface area contributed by atoms with Crippen LogP contribution in [-0.4, -0.2) is 44.3 Å². The molecular weight excluding hydrogens is 376 g/mol. The second kappa shape index (κ2) is 7.43. The Morgan fingerprint density at radius 2 is 1.89 bits per heavy atom. The molecule has 0 bridgehead atoms. The van der Waals surface area contributed by atoms with Crippen LogP contribution in [0.1, 0.15) is 11.1 Å². The highest BCUT2D eigenvalue weighted by Crippen LogP contribution is 2.30. The topological polar surface area (TPSA) is 93.0 Å². The highest BCUT2D eigenvalue weighted by Gasteiger charge is 2.27. The Hall–Kier alpha value is -3.20. The van der Waals surface area contributed by atoms with Crippen molar-refractivity contribution in [1.29, 1.82) is 0 Å². The number of carbonyl (C=O) groups excluding carboxylic acids is 2. The Bertz CT molecular complexity index is 1040. The number of hydrogen-bond acceptors (Lipinski definition) is 6. The first-order valence-electron chi connectivity index (χ1n) is 8.71. The van der Waals surface area contributed by atoms with Crippen molar-refractivity contribution in [3.63, 3.8) is 0 Å². The molecule has 2 amide bonds. The first-order valence-corrected chi connectivity index (χ1v) is 9.70. The van der Waals surface area contributed by atoms with Gasteiger partial charge in [-0.05, 0) is 47.5 Å². The molecule has 2 aromatic carbocycles. The van der Waals surface area contributed by atoms with E-state index in [-0.39, 0.29) is 24.1 Å². The third-order valence-electron chi connectivity index (χ3n) is 4.49. The van der Waals surface area contributed by atoms with Gasteiger partial charge in [-0.1, -0.05) is 42.1 Å². The normalized spacial score (nSPS) is 13.2. The van der Waals surface area contributed by atoms with Crippen molar-refractivity contribution in [2.24, 2.45) is 0 Å². The fourth-order valence-corrected chi connectivity index (χ4v) is 3.96. The van der Waals surface area contributed by atoms with Crippen LogP contribution in [0.15, 0.2) is 47.6 Å². The van der Waals surface area contributed by atoms with E-state index in [1.165, 1.54) is 16.7 Å². The van der Waals surface area contributed by atoms with Gasteiger partial charge in [0.2, 0.25) is 17.0 Å². The minimum atomic E-state index is -0.211. The lowest BCUT2D eigenvalue weighted by Gasteiger charge is -2.29. The molecule has 9 heteroatoms. The number of rotatable bonds is 4. The first kappa shape index (κ1) is 18.2. The maximum absolute atomic E-state index is 12.8. The summed E-state index contributed by atoms with van der Waals surface area (Å²) >= 11 is 1.25. The summed E-state index contributed by atoms with van der Waals surface area (Å²) in [5, 5.41) is 15.2. The van der Waals surface area contributed by atoms with Gasteiger partial charge in [0.25, 0.3) is 0 Å². The number of para-hydroxylation sites is 3. The summed E-state index contributed by atoms with van der Waals surface area (Å²) in [5.41, 5.74) is 4.33. The lowest BCUT2D eigenvalue weighted by atomic mass is 10.1. The number of nitrogens with one attached hydrogen (secondary N) is 1. The van der Waals surface area contributed by atoms with Crippen LogP contribution in [0.3, 0.4) is 0 Å². The number of anilines is 2. The Morgan fingerprint density at radius 1 is 1.14 bits per heavy atom. The zero-order chi connectivity index (χ0) is 19.7. The van der Waals surface area contributed by atoms with Gasteiger partial charge >= 0.3 is 0 Å². The molecule has 1 aliphatic rings. The number of hydrogen-bond donors (Lipinski definition) is 1. The predicted octanol–water partition coefficient (Wildman–Crippen LogP) is 2.36. The SMILES string of the molecule is Cc1cccc(C)c1-n1nnnc1SCC(=O)N1CC(=O)Nc2ccccc21. The molecular formula is C19H18N6O2S. The van der Waals surface area contributed by atoms with Gasteiger partial charge in [-0.25, -0.2) is 0 Å². The van der Waals surface area contributed by atoms with Crippen LogP contribution in [0.25, 0.3) is 5.69 Å². The molecule has 1 aliphatic heterocycles. The van der Waals surface area contributed by atoms with Crippen molar-refractivity contribution < 1.29 is 9.59 Å². The maximum atomic E-state index is 12.8. The van der Waals surface area contributed by atoms with Gasteiger partial charge in [0, 0.05) is 0 Å². The maximum Gasteiger partial charge on any atom is 0.244 e. The summed E-state index contributed by atoms with van der Waals surface area (Å²) in [7, 11) is 0. The van der Waals surface area contributed by atoms with Crippen LogP contribution in [0.2, 0.25) is 0 Å². The lowest BCUT2D eigenvalue weighted by molar-refractivity contribution is -0.120. The highest BCUT2D eigenvalue weighted by atomic mass is 32.2. The first-order chi connectivity index (χ1) is 13.5. The highest BCUT2D eigenvalue weighted by molar-refractivity contribution is 7.99. The zero-order valence-electron chi connectivity index (χ0n) is 15.4. The van der Waals surface area contributed by atoms with Gasteiger partial charge in [0.15, 0.2) is 0 Å². The van der Waals surface area contributed by atoms with E-state index in [0.29, 0.717) is 16.5 Å². The van der Waals surface area contributed by atoms with Crippen LogP contribution >= 0.6 is 11.8 Å². The molecule has 0 saturated carbocycles. The second-order valence-electron chi connectivity index (χ2n) is 6.45. The monoisotopic (exact) mass is 394 g/mol. The summed E-state index contributed by atoms with van der Waals surface area (Å²) in [6.07, 6.45) is 0.